The van der Waals surface area contributed by atoms with Crippen LogP contribution in [0, 0.1) is 11.8 Å². The lowest BCUT2D eigenvalue weighted by Gasteiger charge is -2.31. The summed E-state index contributed by atoms with van der Waals surface area (Å²) in [7, 11) is -2.36. The molecular formula is C37H47N5O10S. The lowest BCUT2D eigenvalue weighted by molar-refractivity contribution is -0.141. The fraction of sp³-hybridized carbons (Fsp3) is 0.568. The first-order chi connectivity index (χ1) is 25.2. The molecule has 4 bridgehead atoms. The van der Waals surface area contributed by atoms with E-state index in [0.717, 1.165) is 18.4 Å². The maximum absolute atomic E-state index is 14.3. The minimum atomic E-state index is -3.91. The van der Waals surface area contributed by atoms with Crippen LogP contribution in [-0.4, -0.2) is 97.1 Å². The van der Waals surface area contributed by atoms with Crippen LogP contribution in [0.2, 0.25) is 0 Å². The summed E-state index contributed by atoms with van der Waals surface area (Å²) in [5.74, 6) is -2.43. The number of ketones is 1. The second kappa shape index (κ2) is 15.0. The van der Waals surface area contributed by atoms with Gasteiger partial charge >= 0.3 is 6.09 Å². The monoisotopic (exact) mass is 753 g/mol. The van der Waals surface area contributed by atoms with Crippen molar-refractivity contribution in [3.8, 4) is 11.5 Å². The number of amides is 4. The summed E-state index contributed by atoms with van der Waals surface area (Å²) in [6, 6.07) is 2.96. The molecule has 1 saturated heterocycles. The van der Waals surface area contributed by atoms with E-state index in [4.69, 9.17) is 14.2 Å². The van der Waals surface area contributed by atoms with E-state index in [1.807, 2.05) is 6.07 Å². The van der Waals surface area contributed by atoms with Crippen molar-refractivity contribution in [2.45, 2.75) is 101 Å². The van der Waals surface area contributed by atoms with Crippen LogP contribution in [0.1, 0.15) is 81.8 Å². The third-order valence-electron chi connectivity index (χ3n) is 10.5. The smallest absolute Gasteiger partial charge is 0.407 e. The van der Waals surface area contributed by atoms with Gasteiger partial charge in [0.25, 0.3) is 5.91 Å². The number of benzene rings is 1. The topological polar surface area (TPSA) is 199 Å². The van der Waals surface area contributed by atoms with E-state index in [2.05, 4.69) is 26.9 Å². The fourth-order valence-electron chi connectivity index (χ4n) is 7.12. The summed E-state index contributed by atoms with van der Waals surface area (Å²) in [4.78, 5) is 73.4. The molecule has 1 aromatic carbocycles. The van der Waals surface area contributed by atoms with Crippen molar-refractivity contribution in [2.75, 3.05) is 20.3 Å². The molecule has 4 amide bonds. The van der Waals surface area contributed by atoms with Crippen molar-refractivity contribution in [1.82, 2.24) is 25.2 Å². The summed E-state index contributed by atoms with van der Waals surface area (Å²) < 4.78 is 45.2. The number of pyridine rings is 1. The number of fused-ring (bicyclic) bond motifs is 3. The zero-order valence-corrected chi connectivity index (χ0v) is 31.3. The van der Waals surface area contributed by atoms with E-state index in [0.29, 0.717) is 48.1 Å². The SMILES string of the molecule is C=C[C@H]1C[C@]1(NC(=O)[C@@H]1C[C@@H]2CN1C(=O)[C@H](C(C)C)NC(=O)OCCCCCc1cc3c(cc(C(C)=O)nc3cc1OC)O2)C(=O)NS(=O)(=O)C1CC1. The third-order valence-corrected chi connectivity index (χ3v) is 12.3. The fourth-order valence-corrected chi connectivity index (χ4v) is 8.49. The molecule has 2 aromatic rings. The molecule has 0 spiro atoms. The Bertz CT molecular complexity index is 1950. The van der Waals surface area contributed by atoms with Crippen LogP contribution >= 0.6 is 0 Å². The van der Waals surface area contributed by atoms with Gasteiger partial charge in [-0.15, -0.1) is 6.58 Å². The Balaban J connectivity index is 1.37. The van der Waals surface area contributed by atoms with Gasteiger partial charge in [-0.25, -0.2) is 18.2 Å². The number of Topliss-reactive ketones (excluding diaryl/α,β-unsaturated/α-hetero) is 1. The molecule has 2 saturated carbocycles. The number of rotatable bonds is 9. The molecule has 53 heavy (non-hydrogen) atoms. The van der Waals surface area contributed by atoms with Gasteiger partial charge in [0.15, 0.2) is 5.78 Å². The number of carbonyl (C=O) groups excluding carboxylic acids is 5. The Kier molecular flexibility index (Phi) is 10.7. The minimum absolute atomic E-state index is 0.0219. The Morgan fingerprint density at radius 2 is 1.91 bits per heavy atom. The number of cyclic esters (lactones) is 1. The second-order valence-electron chi connectivity index (χ2n) is 14.7. The van der Waals surface area contributed by atoms with Crippen LogP contribution in [0.5, 0.6) is 11.5 Å². The normalized spacial score (nSPS) is 26.5. The quantitative estimate of drug-likeness (QED) is 0.251. The highest BCUT2D eigenvalue weighted by Gasteiger charge is 2.62. The largest absolute Gasteiger partial charge is 0.496 e. The Hall–Kier alpha value is -4.73. The average Bonchev–Trinajstić information content (AvgIpc) is 4.04. The highest BCUT2D eigenvalue weighted by molar-refractivity contribution is 7.91. The number of nitrogens with zero attached hydrogens (tertiary/aromatic N) is 2. The molecule has 5 atom stereocenters. The number of sulfonamides is 1. The zero-order valence-electron chi connectivity index (χ0n) is 30.4. The van der Waals surface area contributed by atoms with Gasteiger partial charge in [-0.2, -0.15) is 0 Å². The van der Waals surface area contributed by atoms with E-state index in [1.165, 1.54) is 17.9 Å². The number of ether oxygens (including phenoxy) is 3. The summed E-state index contributed by atoms with van der Waals surface area (Å²) in [6.45, 7) is 8.71. The molecule has 286 valence electrons. The summed E-state index contributed by atoms with van der Waals surface area (Å²) in [6.07, 6.45) is 3.67. The zero-order chi connectivity index (χ0) is 38.2. The Labute approximate surface area is 308 Å². The molecule has 2 aliphatic heterocycles. The number of carbonyl (C=O) groups is 5. The molecule has 2 aliphatic carbocycles. The van der Waals surface area contributed by atoms with Crippen LogP contribution in [0.15, 0.2) is 30.9 Å². The van der Waals surface area contributed by atoms with Gasteiger partial charge in [0.1, 0.15) is 40.9 Å². The van der Waals surface area contributed by atoms with E-state index in [9.17, 15) is 32.4 Å². The number of nitrogens with one attached hydrogen (secondary N) is 3. The van der Waals surface area contributed by atoms with E-state index in [1.54, 1.807) is 33.1 Å². The van der Waals surface area contributed by atoms with Crippen LogP contribution in [0.4, 0.5) is 4.79 Å². The maximum atomic E-state index is 14.3. The van der Waals surface area contributed by atoms with Crippen molar-refractivity contribution >= 4 is 50.5 Å². The molecule has 3 N–H and O–H groups in total. The molecule has 15 nitrogen and oxygen atoms in total. The summed E-state index contributed by atoms with van der Waals surface area (Å²) in [5, 5.41) is 5.41. The van der Waals surface area contributed by atoms with Crippen molar-refractivity contribution in [3.05, 3.63) is 42.1 Å². The summed E-state index contributed by atoms with van der Waals surface area (Å²) >= 11 is 0. The molecule has 16 heteroatoms. The van der Waals surface area contributed by atoms with Crippen molar-refractivity contribution in [2.24, 2.45) is 11.8 Å². The molecule has 4 aliphatic rings. The molecule has 3 heterocycles. The Morgan fingerprint density at radius 3 is 2.55 bits per heavy atom. The van der Waals surface area contributed by atoms with Crippen LogP contribution in [0.25, 0.3) is 10.9 Å². The average molecular weight is 754 g/mol. The first-order valence-electron chi connectivity index (χ1n) is 18.1. The second-order valence-corrected chi connectivity index (χ2v) is 16.7. The third kappa shape index (κ3) is 7.97. The molecule has 0 radical (unpaired) electrons. The first-order valence-corrected chi connectivity index (χ1v) is 19.7. The van der Waals surface area contributed by atoms with Crippen molar-refractivity contribution in [3.63, 3.8) is 0 Å². The molecule has 3 fully saturated rings. The minimum Gasteiger partial charge on any atom is -0.496 e. The number of hydrogen-bond acceptors (Lipinski definition) is 11. The number of methoxy groups -OCH3 is 1. The van der Waals surface area contributed by atoms with Gasteiger partial charge in [-0.3, -0.25) is 23.9 Å². The van der Waals surface area contributed by atoms with E-state index < -0.39 is 74.7 Å². The predicted molar refractivity (Wildman–Crippen MR) is 193 cm³/mol. The molecule has 6 rings (SSSR count). The van der Waals surface area contributed by atoms with Gasteiger partial charge in [-0.1, -0.05) is 19.9 Å². The van der Waals surface area contributed by atoms with Gasteiger partial charge < -0.3 is 29.7 Å². The van der Waals surface area contributed by atoms with E-state index >= 15 is 0 Å². The van der Waals surface area contributed by atoms with Crippen LogP contribution in [0.3, 0.4) is 0 Å². The lowest BCUT2D eigenvalue weighted by atomic mass is 10.0. The number of hydrogen-bond donors (Lipinski definition) is 3. The lowest BCUT2D eigenvalue weighted by Crippen LogP contribution is -2.59. The summed E-state index contributed by atoms with van der Waals surface area (Å²) in [5.41, 5.74) is -0.0635. The van der Waals surface area contributed by atoms with Crippen molar-refractivity contribution in [1.29, 1.82) is 0 Å². The van der Waals surface area contributed by atoms with Gasteiger partial charge in [0.2, 0.25) is 21.8 Å². The highest BCUT2D eigenvalue weighted by atomic mass is 32.2. The van der Waals surface area contributed by atoms with Gasteiger partial charge in [-0.05, 0) is 62.5 Å². The molecule has 1 aromatic heterocycles. The first kappa shape index (κ1) is 38.0. The highest BCUT2D eigenvalue weighted by Crippen LogP contribution is 2.45. The van der Waals surface area contributed by atoms with Crippen LogP contribution in [-0.2, 0) is 35.6 Å². The number of alkyl carbamates (subject to hydrolysis) is 1. The maximum Gasteiger partial charge on any atom is 0.407 e. The van der Waals surface area contributed by atoms with Crippen molar-refractivity contribution < 1.29 is 46.6 Å². The predicted octanol–water partition coefficient (Wildman–Crippen LogP) is 2.94. The number of aryl methyl sites for hydroxylation is 1. The Morgan fingerprint density at radius 1 is 1.15 bits per heavy atom. The van der Waals surface area contributed by atoms with Gasteiger partial charge in [0, 0.05) is 36.8 Å². The molecular weight excluding hydrogens is 706 g/mol. The molecule has 0 unspecified atom stereocenters. The van der Waals surface area contributed by atoms with Gasteiger partial charge in [0.05, 0.1) is 31.0 Å². The number of aromatic nitrogens is 1. The standard InChI is InChI=1S/C37H47N5O10S/c1-6-23-18-37(23,35(46)41-53(48,49)25-11-12-25)40-33(44)29-15-24-19-42(29)34(45)32(20(2)3)39-36(47)51-13-9-7-8-10-22-14-26-28(17-30(22)50-5)38-27(21(4)43)16-31(26)52-24/h6,14,16-17,20,23-25,29,32H,1,7-13,15,18-19H2,2-5H3,(H,39,47)(H,40,44)(H,41,46)/t23-,24+,29-,32-,37+/m0/s1. The van der Waals surface area contributed by atoms with E-state index in [-0.39, 0.29) is 37.5 Å². The van der Waals surface area contributed by atoms with Crippen LogP contribution < -0.4 is 24.8 Å².